The van der Waals surface area contributed by atoms with Crippen LogP contribution in [0, 0.1) is 6.92 Å². The number of carbonyl (C=O) groups is 2. The van der Waals surface area contributed by atoms with Gasteiger partial charge in [0.25, 0.3) is 11.8 Å². The van der Waals surface area contributed by atoms with Crippen molar-refractivity contribution in [3.63, 3.8) is 0 Å². The molecule has 1 saturated carbocycles. The largest absolute Gasteiger partial charge is 0.427 e. The number of aryl methyl sites for hydroxylation is 1. The molecule has 148 valence electrons. The number of amides is 2. The number of carbonyl (C=O) groups excluding carboxylic acids is 2. The number of nitrogens with one attached hydrogen (secondary N) is 2. The summed E-state index contributed by atoms with van der Waals surface area (Å²) in [4.78, 5) is 37.2. The van der Waals surface area contributed by atoms with E-state index in [-0.39, 0.29) is 28.1 Å². The van der Waals surface area contributed by atoms with Crippen molar-refractivity contribution in [1.82, 2.24) is 5.32 Å². The number of hydrogen-bond acceptors (Lipinski definition) is 4. The van der Waals surface area contributed by atoms with Crippen LogP contribution >= 0.6 is 11.6 Å². The van der Waals surface area contributed by atoms with Crippen molar-refractivity contribution >= 4 is 29.1 Å². The molecule has 2 amide bonds. The molecule has 1 aliphatic carbocycles. The van der Waals surface area contributed by atoms with Crippen LogP contribution in [0.3, 0.4) is 0 Å². The zero-order chi connectivity index (χ0) is 20.3. The lowest BCUT2D eigenvalue weighted by Gasteiger charge is -2.24. The smallest absolute Gasteiger partial charge is 0.349 e. The number of anilines is 1. The minimum Gasteiger partial charge on any atom is -0.427 e. The second-order valence-corrected chi connectivity index (χ2v) is 7.43. The maximum atomic E-state index is 12.7. The van der Waals surface area contributed by atoms with E-state index in [0.29, 0.717) is 23.4 Å². The molecule has 1 fully saturated rings. The number of halogens is 1. The van der Waals surface area contributed by atoms with Gasteiger partial charge in [0.2, 0.25) is 0 Å². The summed E-state index contributed by atoms with van der Waals surface area (Å²) in [6.45, 7) is 4.22. The fourth-order valence-electron chi connectivity index (χ4n) is 3.09. The molecular weight excluding hydrogens is 380 g/mol. The van der Waals surface area contributed by atoms with Gasteiger partial charge >= 0.3 is 5.63 Å². The van der Waals surface area contributed by atoms with Gasteiger partial charge in [-0.1, -0.05) is 24.9 Å². The lowest BCUT2D eigenvalue weighted by Crippen LogP contribution is -2.25. The van der Waals surface area contributed by atoms with Gasteiger partial charge in [-0.2, -0.15) is 0 Å². The molecule has 0 radical (unpaired) electrons. The molecule has 1 aliphatic rings. The predicted molar refractivity (Wildman–Crippen MR) is 108 cm³/mol. The van der Waals surface area contributed by atoms with Crippen LogP contribution in [0.2, 0.25) is 5.02 Å². The Morgan fingerprint density at radius 3 is 2.57 bits per heavy atom. The first-order valence-corrected chi connectivity index (χ1v) is 9.82. The molecule has 3 rings (SSSR count). The predicted octanol–water partition coefficient (Wildman–Crippen LogP) is 4.26. The lowest BCUT2D eigenvalue weighted by molar-refractivity contribution is 0.0952. The maximum absolute atomic E-state index is 12.7. The molecule has 6 nitrogen and oxygen atoms in total. The third-order valence-electron chi connectivity index (χ3n) is 4.91. The molecule has 0 atom stereocenters. The first-order valence-electron chi connectivity index (χ1n) is 9.44. The molecule has 2 aromatic rings. The van der Waals surface area contributed by atoms with Crippen molar-refractivity contribution in [2.45, 2.75) is 45.4 Å². The van der Waals surface area contributed by atoms with Crippen LogP contribution in [0.15, 0.2) is 33.5 Å². The fourth-order valence-corrected chi connectivity index (χ4v) is 3.25. The normalized spacial score (nSPS) is 13.7. The third-order valence-corrected chi connectivity index (χ3v) is 5.24. The Bertz CT molecular complexity index is 963. The summed E-state index contributed by atoms with van der Waals surface area (Å²) in [5, 5.41) is 5.66. The van der Waals surface area contributed by atoms with Crippen molar-refractivity contribution in [3.05, 3.63) is 62.2 Å². The lowest BCUT2D eigenvalue weighted by atomic mass is 9.83. The standard InChI is InChI=1S/C21H23ClN2O4/c1-3-9-23-19(25)14-7-8-15(22)16(11-14)24-20(26)18-12(2)10-17(28-21(18)27)13-5-4-6-13/h7-8,10-11,13H,3-6,9H2,1-2H3,(H,23,25)(H,24,26). The summed E-state index contributed by atoms with van der Waals surface area (Å²) >= 11 is 6.16. The molecule has 1 aromatic carbocycles. The van der Waals surface area contributed by atoms with Crippen molar-refractivity contribution in [3.8, 4) is 0 Å². The Balaban J connectivity index is 1.83. The zero-order valence-electron chi connectivity index (χ0n) is 15.9. The average molecular weight is 403 g/mol. The number of hydrogen-bond donors (Lipinski definition) is 2. The summed E-state index contributed by atoms with van der Waals surface area (Å²) < 4.78 is 5.37. The molecule has 0 bridgehead atoms. The quantitative estimate of drug-likeness (QED) is 0.755. The van der Waals surface area contributed by atoms with Crippen LogP contribution in [0.1, 0.15) is 70.6 Å². The van der Waals surface area contributed by atoms with Crippen molar-refractivity contribution < 1.29 is 14.0 Å². The van der Waals surface area contributed by atoms with Crippen LogP contribution in [0.4, 0.5) is 5.69 Å². The molecule has 0 aliphatic heterocycles. The van der Waals surface area contributed by atoms with Crippen molar-refractivity contribution in [2.24, 2.45) is 0 Å². The summed E-state index contributed by atoms with van der Waals surface area (Å²) in [5.41, 5.74) is 0.478. The van der Waals surface area contributed by atoms with E-state index in [1.54, 1.807) is 19.1 Å². The summed E-state index contributed by atoms with van der Waals surface area (Å²) in [6, 6.07) is 6.37. The maximum Gasteiger partial charge on any atom is 0.349 e. The number of rotatable bonds is 6. The van der Waals surface area contributed by atoms with E-state index in [4.69, 9.17) is 16.0 Å². The topological polar surface area (TPSA) is 88.4 Å². The molecule has 28 heavy (non-hydrogen) atoms. The van der Waals surface area contributed by atoms with E-state index in [9.17, 15) is 14.4 Å². The Hall–Kier alpha value is -2.60. The van der Waals surface area contributed by atoms with Crippen LogP contribution in [0.25, 0.3) is 0 Å². The first kappa shape index (κ1) is 20.1. The van der Waals surface area contributed by atoms with E-state index in [1.807, 2.05) is 6.92 Å². The number of benzene rings is 1. The highest BCUT2D eigenvalue weighted by Gasteiger charge is 2.25. The van der Waals surface area contributed by atoms with E-state index in [2.05, 4.69) is 10.6 Å². The molecule has 7 heteroatoms. The van der Waals surface area contributed by atoms with Gasteiger partial charge in [0, 0.05) is 18.0 Å². The monoisotopic (exact) mass is 402 g/mol. The SMILES string of the molecule is CCCNC(=O)c1ccc(Cl)c(NC(=O)c2c(C)cc(C3CCC3)oc2=O)c1. The summed E-state index contributed by atoms with van der Waals surface area (Å²) in [6.07, 6.45) is 3.93. The Labute approximate surface area is 168 Å². The van der Waals surface area contributed by atoms with Gasteiger partial charge in [-0.3, -0.25) is 9.59 Å². The zero-order valence-corrected chi connectivity index (χ0v) is 16.7. The van der Waals surface area contributed by atoms with Crippen LogP contribution in [-0.4, -0.2) is 18.4 Å². The molecule has 0 spiro atoms. The summed E-state index contributed by atoms with van der Waals surface area (Å²) in [5.74, 6) is 0.0307. The minimum absolute atomic E-state index is 0.0556. The van der Waals surface area contributed by atoms with Gasteiger partial charge in [-0.05, 0) is 56.0 Å². The van der Waals surface area contributed by atoms with E-state index in [1.165, 1.54) is 12.1 Å². The molecular formula is C21H23ClN2O4. The fraction of sp³-hybridized carbons (Fsp3) is 0.381. The van der Waals surface area contributed by atoms with Crippen LogP contribution < -0.4 is 16.3 Å². The van der Waals surface area contributed by atoms with E-state index in [0.717, 1.165) is 25.7 Å². The Kier molecular flexibility index (Phi) is 6.19. The Morgan fingerprint density at radius 1 is 1.21 bits per heavy atom. The van der Waals surface area contributed by atoms with Crippen LogP contribution in [-0.2, 0) is 0 Å². The van der Waals surface area contributed by atoms with Gasteiger partial charge in [-0.15, -0.1) is 0 Å². The van der Waals surface area contributed by atoms with Gasteiger partial charge in [0.05, 0.1) is 10.7 Å². The van der Waals surface area contributed by atoms with Gasteiger partial charge < -0.3 is 15.1 Å². The molecule has 2 N–H and O–H groups in total. The molecule has 0 saturated heterocycles. The average Bonchev–Trinajstić information content (AvgIpc) is 2.59. The highest BCUT2D eigenvalue weighted by molar-refractivity contribution is 6.34. The van der Waals surface area contributed by atoms with E-state index >= 15 is 0 Å². The molecule has 0 unspecified atom stereocenters. The van der Waals surface area contributed by atoms with Crippen LogP contribution in [0.5, 0.6) is 0 Å². The summed E-state index contributed by atoms with van der Waals surface area (Å²) in [7, 11) is 0. The second-order valence-electron chi connectivity index (χ2n) is 7.03. The van der Waals surface area contributed by atoms with Gasteiger partial charge in [-0.25, -0.2) is 4.79 Å². The second kappa shape index (κ2) is 8.61. The first-order chi connectivity index (χ1) is 13.4. The molecule has 1 heterocycles. The van der Waals surface area contributed by atoms with Gasteiger partial charge in [0.1, 0.15) is 11.3 Å². The molecule has 1 aromatic heterocycles. The van der Waals surface area contributed by atoms with E-state index < -0.39 is 11.5 Å². The van der Waals surface area contributed by atoms with Crippen molar-refractivity contribution in [2.75, 3.05) is 11.9 Å². The highest BCUT2D eigenvalue weighted by Crippen LogP contribution is 2.36. The highest BCUT2D eigenvalue weighted by atomic mass is 35.5. The minimum atomic E-state index is -0.660. The van der Waals surface area contributed by atoms with Crippen molar-refractivity contribution in [1.29, 1.82) is 0 Å². The third kappa shape index (κ3) is 4.28. The van der Waals surface area contributed by atoms with Gasteiger partial charge in [0.15, 0.2) is 0 Å². The Morgan fingerprint density at radius 2 is 1.96 bits per heavy atom.